The number of rotatable bonds is 8. The highest BCUT2D eigenvalue weighted by atomic mass is 16.3. The van der Waals surface area contributed by atoms with E-state index in [1.807, 2.05) is 6.92 Å². The van der Waals surface area contributed by atoms with Gasteiger partial charge in [-0.15, -0.1) is 0 Å². The fourth-order valence-corrected chi connectivity index (χ4v) is 1.37. The molecule has 0 radical (unpaired) electrons. The third-order valence-corrected chi connectivity index (χ3v) is 2.74. The van der Waals surface area contributed by atoms with Gasteiger partial charge in [0.05, 0.1) is 18.8 Å². The lowest BCUT2D eigenvalue weighted by Gasteiger charge is -2.30. The van der Waals surface area contributed by atoms with Crippen molar-refractivity contribution < 1.29 is 10.2 Å². The van der Waals surface area contributed by atoms with Crippen LogP contribution in [0.4, 0.5) is 0 Å². The van der Waals surface area contributed by atoms with E-state index in [2.05, 4.69) is 19.2 Å². The Morgan fingerprint density at radius 1 is 1.21 bits per heavy atom. The molecule has 0 saturated heterocycles. The summed E-state index contributed by atoms with van der Waals surface area (Å²) in [5.74, 6) is 0.719. The minimum Gasteiger partial charge on any atom is -0.394 e. The van der Waals surface area contributed by atoms with Crippen LogP contribution in [0.2, 0.25) is 0 Å². The topological polar surface area (TPSA) is 52.5 Å². The van der Waals surface area contributed by atoms with Crippen molar-refractivity contribution in [3.8, 4) is 0 Å². The molecule has 0 saturated carbocycles. The van der Waals surface area contributed by atoms with Crippen molar-refractivity contribution in [1.82, 2.24) is 5.32 Å². The third kappa shape index (κ3) is 4.94. The molecule has 3 nitrogen and oxygen atoms in total. The SMILES string of the molecule is CCC(CO)(CO)NCCCC(C)C. The lowest BCUT2D eigenvalue weighted by atomic mass is 9.98. The highest BCUT2D eigenvalue weighted by Gasteiger charge is 2.24. The highest BCUT2D eigenvalue weighted by Crippen LogP contribution is 2.09. The highest BCUT2D eigenvalue weighted by molar-refractivity contribution is 4.85. The van der Waals surface area contributed by atoms with Gasteiger partial charge in [-0.25, -0.2) is 0 Å². The summed E-state index contributed by atoms with van der Waals surface area (Å²) < 4.78 is 0. The fraction of sp³-hybridized carbons (Fsp3) is 1.00. The molecule has 0 aliphatic carbocycles. The van der Waals surface area contributed by atoms with E-state index in [-0.39, 0.29) is 13.2 Å². The van der Waals surface area contributed by atoms with Crippen LogP contribution < -0.4 is 5.32 Å². The molecule has 0 heterocycles. The van der Waals surface area contributed by atoms with E-state index in [1.54, 1.807) is 0 Å². The average molecular weight is 203 g/mol. The first-order valence-electron chi connectivity index (χ1n) is 5.57. The maximum Gasteiger partial charge on any atom is 0.0645 e. The van der Waals surface area contributed by atoms with Crippen molar-refractivity contribution in [2.45, 2.75) is 45.6 Å². The van der Waals surface area contributed by atoms with Crippen LogP contribution >= 0.6 is 0 Å². The first-order chi connectivity index (χ1) is 6.60. The Kier molecular flexibility index (Phi) is 7.15. The minimum absolute atomic E-state index is 0.00167. The Balaban J connectivity index is 3.71. The zero-order valence-electron chi connectivity index (χ0n) is 9.71. The van der Waals surface area contributed by atoms with Crippen LogP contribution in [-0.2, 0) is 0 Å². The Morgan fingerprint density at radius 2 is 1.79 bits per heavy atom. The summed E-state index contributed by atoms with van der Waals surface area (Å²) >= 11 is 0. The molecule has 0 rings (SSSR count). The van der Waals surface area contributed by atoms with E-state index in [0.717, 1.165) is 25.3 Å². The van der Waals surface area contributed by atoms with Crippen molar-refractivity contribution in [3.05, 3.63) is 0 Å². The van der Waals surface area contributed by atoms with Crippen LogP contribution in [0.25, 0.3) is 0 Å². The molecule has 0 aromatic rings. The Morgan fingerprint density at radius 3 is 2.14 bits per heavy atom. The first-order valence-corrected chi connectivity index (χ1v) is 5.57. The summed E-state index contributed by atoms with van der Waals surface area (Å²) in [6, 6.07) is 0. The second-order valence-electron chi connectivity index (χ2n) is 4.41. The van der Waals surface area contributed by atoms with Crippen molar-refractivity contribution in [1.29, 1.82) is 0 Å². The van der Waals surface area contributed by atoms with Crippen molar-refractivity contribution in [2.75, 3.05) is 19.8 Å². The van der Waals surface area contributed by atoms with E-state index in [4.69, 9.17) is 10.2 Å². The molecule has 14 heavy (non-hydrogen) atoms. The van der Waals surface area contributed by atoms with Gasteiger partial charge in [-0.05, 0) is 31.7 Å². The van der Waals surface area contributed by atoms with Crippen molar-refractivity contribution >= 4 is 0 Å². The lowest BCUT2D eigenvalue weighted by molar-refractivity contribution is 0.0874. The van der Waals surface area contributed by atoms with Gasteiger partial charge in [0.2, 0.25) is 0 Å². The zero-order chi connectivity index (χ0) is 11.0. The van der Waals surface area contributed by atoms with Crippen molar-refractivity contribution in [3.63, 3.8) is 0 Å². The number of aliphatic hydroxyl groups is 2. The number of nitrogens with one attached hydrogen (secondary N) is 1. The molecular formula is C11H25NO2. The second-order valence-corrected chi connectivity index (χ2v) is 4.41. The molecule has 0 aliphatic rings. The molecule has 0 unspecified atom stereocenters. The van der Waals surface area contributed by atoms with Gasteiger partial charge < -0.3 is 15.5 Å². The predicted molar refractivity (Wildman–Crippen MR) is 59.3 cm³/mol. The first kappa shape index (κ1) is 13.9. The van der Waals surface area contributed by atoms with Crippen LogP contribution in [0.3, 0.4) is 0 Å². The van der Waals surface area contributed by atoms with Gasteiger partial charge in [0, 0.05) is 0 Å². The average Bonchev–Trinajstić information content (AvgIpc) is 2.19. The maximum atomic E-state index is 9.16. The maximum absolute atomic E-state index is 9.16. The summed E-state index contributed by atoms with van der Waals surface area (Å²) in [5.41, 5.74) is -0.475. The van der Waals surface area contributed by atoms with Gasteiger partial charge in [0.1, 0.15) is 0 Å². The molecule has 0 aromatic heterocycles. The summed E-state index contributed by atoms with van der Waals surface area (Å²) in [6.45, 7) is 7.24. The Hall–Kier alpha value is -0.120. The number of aliphatic hydroxyl groups excluding tert-OH is 2. The quantitative estimate of drug-likeness (QED) is 0.519. The summed E-state index contributed by atoms with van der Waals surface area (Å²) in [6.07, 6.45) is 3.03. The van der Waals surface area contributed by atoms with E-state index in [9.17, 15) is 0 Å². The molecule has 3 N–H and O–H groups in total. The Labute approximate surface area is 87.5 Å². The van der Waals surface area contributed by atoms with Crippen LogP contribution in [-0.4, -0.2) is 35.5 Å². The Bertz CT molecular complexity index is 125. The lowest BCUT2D eigenvalue weighted by Crippen LogP contribution is -2.51. The molecule has 0 aromatic carbocycles. The molecule has 3 heteroatoms. The van der Waals surface area contributed by atoms with Crippen LogP contribution in [0.15, 0.2) is 0 Å². The zero-order valence-corrected chi connectivity index (χ0v) is 9.71. The van der Waals surface area contributed by atoms with E-state index < -0.39 is 5.54 Å². The normalized spacial score (nSPS) is 12.4. The van der Waals surface area contributed by atoms with Gasteiger partial charge in [-0.3, -0.25) is 0 Å². The van der Waals surface area contributed by atoms with Gasteiger partial charge in [0.15, 0.2) is 0 Å². The van der Waals surface area contributed by atoms with Gasteiger partial charge >= 0.3 is 0 Å². The number of hydrogen-bond acceptors (Lipinski definition) is 3. The van der Waals surface area contributed by atoms with E-state index in [1.165, 1.54) is 6.42 Å². The molecule has 86 valence electrons. The van der Waals surface area contributed by atoms with E-state index in [0.29, 0.717) is 0 Å². The molecule has 0 fully saturated rings. The van der Waals surface area contributed by atoms with Crippen LogP contribution in [0, 0.1) is 5.92 Å². The van der Waals surface area contributed by atoms with Crippen LogP contribution in [0.1, 0.15) is 40.0 Å². The smallest absolute Gasteiger partial charge is 0.0645 e. The number of hydrogen-bond donors (Lipinski definition) is 3. The van der Waals surface area contributed by atoms with E-state index >= 15 is 0 Å². The summed E-state index contributed by atoms with van der Waals surface area (Å²) in [7, 11) is 0. The fourth-order valence-electron chi connectivity index (χ4n) is 1.37. The van der Waals surface area contributed by atoms with Gasteiger partial charge in [0.25, 0.3) is 0 Å². The standard InChI is InChI=1S/C11H25NO2/c1-4-11(8-13,9-14)12-7-5-6-10(2)3/h10,12-14H,4-9H2,1-3H3. The summed E-state index contributed by atoms with van der Waals surface area (Å²) in [5, 5.41) is 21.6. The molecule has 0 bridgehead atoms. The van der Waals surface area contributed by atoms with Gasteiger partial charge in [-0.1, -0.05) is 20.8 Å². The predicted octanol–water partition coefficient (Wildman–Crippen LogP) is 1.15. The monoisotopic (exact) mass is 203 g/mol. The summed E-state index contributed by atoms with van der Waals surface area (Å²) in [4.78, 5) is 0. The largest absolute Gasteiger partial charge is 0.394 e. The second kappa shape index (κ2) is 7.21. The molecule has 0 atom stereocenters. The molecule has 0 spiro atoms. The van der Waals surface area contributed by atoms with Crippen molar-refractivity contribution in [2.24, 2.45) is 5.92 Å². The van der Waals surface area contributed by atoms with Gasteiger partial charge in [-0.2, -0.15) is 0 Å². The molecule has 0 amide bonds. The molecular weight excluding hydrogens is 178 g/mol. The molecule has 0 aliphatic heterocycles. The minimum atomic E-state index is -0.475. The third-order valence-electron chi connectivity index (χ3n) is 2.74. The van der Waals surface area contributed by atoms with Crippen LogP contribution in [0.5, 0.6) is 0 Å².